The van der Waals surface area contributed by atoms with E-state index in [1.807, 2.05) is 6.07 Å². The van der Waals surface area contributed by atoms with E-state index in [9.17, 15) is 4.79 Å². The van der Waals surface area contributed by atoms with E-state index < -0.39 is 0 Å². The van der Waals surface area contributed by atoms with E-state index in [2.05, 4.69) is 10.3 Å². The molecule has 1 aromatic heterocycles. The molecule has 0 unspecified atom stereocenters. The molecule has 0 saturated heterocycles. The van der Waals surface area contributed by atoms with Crippen molar-refractivity contribution in [2.75, 3.05) is 5.73 Å². The van der Waals surface area contributed by atoms with Gasteiger partial charge in [0.2, 0.25) is 5.91 Å². The van der Waals surface area contributed by atoms with E-state index in [4.69, 9.17) is 5.73 Å². The number of nitrogen functional groups attached to an aromatic ring is 1. The van der Waals surface area contributed by atoms with Crippen molar-refractivity contribution in [1.29, 1.82) is 0 Å². The molecule has 5 heteroatoms. The summed E-state index contributed by atoms with van der Waals surface area (Å²) in [5, 5.41) is 3.19. The first-order valence-corrected chi connectivity index (χ1v) is 6.72. The normalized spacial score (nSPS) is 17.9. The number of nitrogens with two attached hydrogens (primary N) is 1. The summed E-state index contributed by atoms with van der Waals surface area (Å²) in [6.45, 7) is 0. The molecule has 1 amide bonds. The average Bonchev–Trinajstić information content (AvgIpc) is 3.22. The van der Waals surface area contributed by atoms with Gasteiger partial charge < -0.3 is 11.1 Å². The van der Waals surface area contributed by atoms with Gasteiger partial charge in [0.15, 0.2) is 0 Å². The second kappa shape index (κ2) is 5.78. The van der Waals surface area contributed by atoms with Crippen molar-refractivity contribution in [3.63, 3.8) is 0 Å². The summed E-state index contributed by atoms with van der Waals surface area (Å²) in [5.41, 5.74) is 6.99. The lowest BCUT2D eigenvalue weighted by Gasteiger charge is -2.17. The number of carbonyl (C=O) groups excluding carboxylic acids is 1. The molecule has 2 fully saturated rings. The molecule has 1 heterocycles. The molecule has 4 nitrogen and oxygen atoms in total. The summed E-state index contributed by atoms with van der Waals surface area (Å²) in [4.78, 5) is 16.2. The van der Waals surface area contributed by atoms with Crippen LogP contribution in [-0.4, -0.2) is 16.9 Å². The lowest BCUT2D eigenvalue weighted by atomic mass is 10.1. The van der Waals surface area contributed by atoms with E-state index in [-0.39, 0.29) is 18.3 Å². The number of nitrogens with one attached hydrogen (secondary N) is 1. The number of hydrogen-bond acceptors (Lipinski definition) is 3. The first kappa shape index (κ1) is 14.1. The van der Waals surface area contributed by atoms with Crippen molar-refractivity contribution in [1.82, 2.24) is 10.3 Å². The Bertz CT molecular complexity index is 429. The van der Waals surface area contributed by atoms with Crippen molar-refractivity contribution < 1.29 is 4.79 Å². The third-order valence-electron chi connectivity index (χ3n) is 3.78. The Balaban J connectivity index is 0.00000133. The topological polar surface area (TPSA) is 68.0 Å². The molecular weight excluding hydrogens is 262 g/mol. The fourth-order valence-corrected chi connectivity index (χ4v) is 2.47. The van der Waals surface area contributed by atoms with Crippen molar-refractivity contribution in [2.45, 2.75) is 38.1 Å². The van der Waals surface area contributed by atoms with Gasteiger partial charge in [-0.05, 0) is 49.7 Å². The van der Waals surface area contributed by atoms with Crippen molar-refractivity contribution in [2.24, 2.45) is 11.8 Å². The smallest absolute Gasteiger partial charge is 0.226 e. The van der Waals surface area contributed by atoms with Crippen LogP contribution in [0.2, 0.25) is 0 Å². The average molecular weight is 282 g/mol. The van der Waals surface area contributed by atoms with Gasteiger partial charge in [0.05, 0.1) is 18.3 Å². The van der Waals surface area contributed by atoms with E-state index in [1.165, 1.54) is 25.7 Å². The van der Waals surface area contributed by atoms with E-state index in [1.54, 1.807) is 12.3 Å². The highest BCUT2D eigenvalue weighted by Crippen LogP contribution is 2.44. The van der Waals surface area contributed by atoms with Crippen LogP contribution < -0.4 is 11.1 Å². The Hall–Kier alpha value is -1.29. The second-order valence-electron chi connectivity index (χ2n) is 5.53. The van der Waals surface area contributed by atoms with Crippen LogP contribution in [0.25, 0.3) is 0 Å². The molecule has 0 atom stereocenters. The number of aromatic nitrogens is 1. The highest BCUT2D eigenvalue weighted by Gasteiger charge is 2.42. The third-order valence-corrected chi connectivity index (χ3v) is 3.78. The predicted octanol–water partition coefficient (Wildman–Crippen LogP) is 1.93. The molecule has 0 radical (unpaired) electrons. The maximum Gasteiger partial charge on any atom is 0.226 e. The molecule has 104 valence electrons. The summed E-state index contributed by atoms with van der Waals surface area (Å²) in [6.07, 6.45) is 7.07. The lowest BCUT2D eigenvalue weighted by molar-refractivity contribution is -0.121. The summed E-state index contributed by atoms with van der Waals surface area (Å²) < 4.78 is 0. The Labute approximate surface area is 119 Å². The van der Waals surface area contributed by atoms with Crippen LogP contribution in [0.3, 0.4) is 0 Å². The fraction of sp³-hybridized carbons (Fsp3) is 0.571. The van der Waals surface area contributed by atoms with Crippen molar-refractivity contribution in [3.05, 3.63) is 24.0 Å². The minimum atomic E-state index is 0. The van der Waals surface area contributed by atoms with Gasteiger partial charge in [0.25, 0.3) is 0 Å². The number of hydrogen-bond donors (Lipinski definition) is 2. The summed E-state index contributed by atoms with van der Waals surface area (Å²) >= 11 is 0. The van der Waals surface area contributed by atoms with Crippen LogP contribution in [0.15, 0.2) is 18.3 Å². The van der Waals surface area contributed by atoms with Crippen LogP contribution in [-0.2, 0) is 11.2 Å². The SMILES string of the molecule is Cl.Nc1ccc(CC(=O)NC(C2CC2)C2CC2)nc1. The first-order valence-electron chi connectivity index (χ1n) is 6.72. The maximum absolute atomic E-state index is 12.0. The number of rotatable bonds is 5. The highest BCUT2D eigenvalue weighted by molar-refractivity contribution is 5.85. The zero-order chi connectivity index (χ0) is 12.5. The number of pyridine rings is 1. The monoisotopic (exact) mass is 281 g/mol. The Kier molecular flexibility index (Phi) is 4.30. The summed E-state index contributed by atoms with van der Waals surface area (Å²) in [7, 11) is 0. The van der Waals surface area contributed by atoms with Gasteiger partial charge >= 0.3 is 0 Å². The molecule has 19 heavy (non-hydrogen) atoms. The van der Waals surface area contributed by atoms with Gasteiger partial charge in [-0.2, -0.15) is 0 Å². The zero-order valence-electron chi connectivity index (χ0n) is 10.8. The van der Waals surface area contributed by atoms with E-state index >= 15 is 0 Å². The highest BCUT2D eigenvalue weighted by atomic mass is 35.5. The summed E-state index contributed by atoms with van der Waals surface area (Å²) in [5.74, 6) is 1.57. The van der Waals surface area contributed by atoms with Gasteiger partial charge in [0.1, 0.15) is 0 Å². The molecule has 2 saturated carbocycles. The largest absolute Gasteiger partial charge is 0.397 e. The Morgan fingerprint density at radius 1 is 1.32 bits per heavy atom. The molecule has 0 aromatic carbocycles. The lowest BCUT2D eigenvalue weighted by Crippen LogP contribution is -2.39. The Morgan fingerprint density at radius 2 is 1.95 bits per heavy atom. The minimum Gasteiger partial charge on any atom is -0.397 e. The molecule has 2 aliphatic carbocycles. The molecule has 3 rings (SSSR count). The van der Waals surface area contributed by atoms with Gasteiger partial charge in [-0.1, -0.05) is 0 Å². The molecule has 1 aromatic rings. The van der Waals surface area contributed by atoms with Crippen LogP contribution in [0.5, 0.6) is 0 Å². The van der Waals surface area contributed by atoms with Crippen LogP contribution in [0, 0.1) is 11.8 Å². The second-order valence-corrected chi connectivity index (χ2v) is 5.53. The summed E-state index contributed by atoms with van der Waals surface area (Å²) in [6, 6.07) is 4.03. The zero-order valence-corrected chi connectivity index (χ0v) is 11.7. The van der Waals surface area contributed by atoms with Crippen LogP contribution >= 0.6 is 12.4 Å². The first-order chi connectivity index (χ1) is 8.72. The standard InChI is InChI=1S/C14H19N3O.ClH/c15-11-5-6-12(16-8-11)7-13(18)17-14(9-1-2-9)10-3-4-10;/h5-6,8-10,14H,1-4,7,15H2,(H,17,18);1H. The van der Waals surface area contributed by atoms with Crippen LogP contribution in [0.4, 0.5) is 5.69 Å². The number of nitrogens with zero attached hydrogens (tertiary/aromatic N) is 1. The number of halogens is 1. The van der Waals surface area contributed by atoms with E-state index in [0.717, 1.165) is 17.5 Å². The molecule has 0 aliphatic heterocycles. The van der Waals surface area contributed by atoms with Crippen molar-refractivity contribution >= 4 is 24.0 Å². The number of anilines is 1. The van der Waals surface area contributed by atoms with Crippen LogP contribution in [0.1, 0.15) is 31.4 Å². The number of amides is 1. The maximum atomic E-state index is 12.0. The van der Waals surface area contributed by atoms with E-state index in [0.29, 0.717) is 18.2 Å². The minimum absolute atomic E-state index is 0. The van der Waals surface area contributed by atoms with Gasteiger partial charge in [-0.3, -0.25) is 9.78 Å². The molecule has 3 N–H and O–H groups in total. The fourth-order valence-electron chi connectivity index (χ4n) is 2.47. The molecule has 0 spiro atoms. The predicted molar refractivity (Wildman–Crippen MR) is 77.0 cm³/mol. The number of carbonyl (C=O) groups is 1. The van der Waals surface area contributed by atoms with Gasteiger partial charge in [-0.15, -0.1) is 12.4 Å². The Morgan fingerprint density at radius 3 is 2.42 bits per heavy atom. The molecular formula is C14H20ClN3O. The van der Waals surface area contributed by atoms with Gasteiger partial charge in [-0.25, -0.2) is 0 Å². The molecule has 0 bridgehead atoms. The van der Waals surface area contributed by atoms with Gasteiger partial charge in [0, 0.05) is 11.7 Å². The van der Waals surface area contributed by atoms with Crippen molar-refractivity contribution in [3.8, 4) is 0 Å². The quantitative estimate of drug-likeness (QED) is 0.867. The third kappa shape index (κ3) is 3.83. The molecule has 2 aliphatic rings.